The van der Waals surface area contributed by atoms with E-state index in [9.17, 15) is 22.0 Å². The van der Waals surface area contributed by atoms with Crippen LogP contribution in [0.15, 0.2) is 29.2 Å². The van der Waals surface area contributed by atoms with E-state index >= 15 is 0 Å². The van der Waals surface area contributed by atoms with Crippen molar-refractivity contribution in [3.05, 3.63) is 24.3 Å². The average molecular weight is 430 g/mol. The normalized spacial score (nSPS) is 23.9. The van der Waals surface area contributed by atoms with E-state index in [-0.39, 0.29) is 16.8 Å². The number of piperazine rings is 1. The maximum absolute atomic E-state index is 12.6. The van der Waals surface area contributed by atoms with Gasteiger partial charge in [-0.3, -0.25) is 9.69 Å². The Morgan fingerprint density at radius 2 is 1.79 bits per heavy atom. The van der Waals surface area contributed by atoms with Crippen molar-refractivity contribution in [3.8, 4) is 0 Å². The number of carbonyl (C=O) groups is 1. The van der Waals surface area contributed by atoms with Gasteiger partial charge in [-0.05, 0) is 43.0 Å². The first kappa shape index (κ1) is 22.0. The number of alkyl halides is 2. The predicted molar refractivity (Wildman–Crippen MR) is 108 cm³/mol. The number of amides is 1. The monoisotopic (exact) mass is 429 g/mol. The number of rotatable bonds is 6. The lowest BCUT2D eigenvalue weighted by Gasteiger charge is -2.36. The lowest BCUT2D eigenvalue weighted by Crippen LogP contribution is -2.51. The minimum Gasteiger partial charge on any atom is -0.369 e. The Morgan fingerprint density at radius 3 is 2.38 bits per heavy atom. The van der Waals surface area contributed by atoms with Gasteiger partial charge in [0.05, 0.1) is 11.4 Å². The molecule has 6 nitrogen and oxygen atoms in total. The first-order valence-electron chi connectivity index (χ1n) is 10.1. The van der Waals surface area contributed by atoms with Crippen LogP contribution in [0.5, 0.6) is 0 Å². The third-order valence-electron chi connectivity index (χ3n) is 5.81. The van der Waals surface area contributed by atoms with Crippen LogP contribution in [0.2, 0.25) is 0 Å². The molecule has 1 aromatic carbocycles. The SMILES string of the molecule is CC1CCCC(NC(=O)CN2CCN(c3ccc(S(=O)(=O)C(F)F)cc3)CC2)C1. The molecule has 1 N–H and O–H groups in total. The van der Waals surface area contributed by atoms with E-state index < -0.39 is 15.6 Å². The molecular formula is C20H29F2N3O3S. The Hall–Kier alpha value is -1.74. The van der Waals surface area contributed by atoms with Crippen molar-refractivity contribution in [1.29, 1.82) is 0 Å². The number of anilines is 1. The molecule has 29 heavy (non-hydrogen) atoms. The number of nitrogens with zero attached hydrogens (tertiary/aromatic N) is 2. The van der Waals surface area contributed by atoms with Crippen molar-refractivity contribution in [1.82, 2.24) is 10.2 Å². The molecule has 2 atom stereocenters. The van der Waals surface area contributed by atoms with Gasteiger partial charge in [0, 0.05) is 37.9 Å². The van der Waals surface area contributed by atoms with E-state index in [4.69, 9.17) is 0 Å². The predicted octanol–water partition coefficient (Wildman–Crippen LogP) is 2.50. The first-order chi connectivity index (χ1) is 13.8. The van der Waals surface area contributed by atoms with Crippen LogP contribution in [0.1, 0.15) is 32.6 Å². The lowest BCUT2D eigenvalue weighted by molar-refractivity contribution is -0.123. The van der Waals surface area contributed by atoms with Crippen LogP contribution < -0.4 is 10.2 Å². The van der Waals surface area contributed by atoms with Gasteiger partial charge in [0.1, 0.15) is 0 Å². The Kier molecular flexibility index (Phi) is 7.10. The summed E-state index contributed by atoms with van der Waals surface area (Å²) in [7, 11) is -4.57. The lowest BCUT2D eigenvalue weighted by atomic mass is 9.87. The molecule has 2 aliphatic rings. The van der Waals surface area contributed by atoms with E-state index in [2.05, 4.69) is 22.0 Å². The van der Waals surface area contributed by atoms with Gasteiger partial charge in [-0.1, -0.05) is 19.8 Å². The van der Waals surface area contributed by atoms with Crippen molar-refractivity contribution in [3.63, 3.8) is 0 Å². The van der Waals surface area contributed by atoms with Crippen molar-refractivity contribution in [2.45, 2.75) is 49.3 Å². The highest BCUT2D eigenvalue weighted by atomic mass is 32.2. The molecule has 1 aromatic rings. The van der Waals surface area contributed by atoms with Crippen LogP contribution in [0.3, 0.4) is 0 Å². The van der Waals surface area contributed by atoms with Gasteiger partial charge in [0.15, 0.2) is 0 Å². The molecule has 1 amide bonds. The first-order valence-corrected chi connectivity index (χ1v) is 11.7. The van der Waals surface area contributed by atoms with E-state index in [0.29, 0.717) is 38.6 Å². The summed E-state index contributed by atoms with van der Waals surface area (Å²) in [6.45, 7) is 5.41. The third-order valence-corrected chi connectivity index (χ3v) is 7.20. The van der Waals surface area contributed by atoms with Gasteiger partial charge >= 0.3 is 5.76 Å². The Labute approximate surface area is 171 Å². The molecule has 0 aromatic heterocycles. The maximum Gasteiger partial charge on any atom is 0.341 e. The molecule has 1 aliphatic carbocycles. The summed E-state index contributed by atoms with van der Waals surface area (Å²) in [6, 6.07) is 5.85. The van der Waals surface area contributed by atoms with E-state index in [0.717, 1.165) is 18.5 Å². The number of hydrogen-bond donors (Lipinski definition) is 1. The summed E-state index contributed by atoms with van der Waals surface area (Å²) in [4.78, 5) is 16.1. The Bertz CT molecular complexity index is 794. The summed E-state index contributed by atoms with van der Waals surface area (Å²) >= 11 is 0. The molecule has 1 aliphatic heterocycles. The largest absolute Gasteiger partial charge is 0.369 e. The number of nitrogens with one attached hydrogen (secondary N) is 1. The number of hydrogen-bond acceptors (Lipinski definition) is 5. The number of carbonyl (C=O) groups excluding carboxylic acids is 1. The van der Waals surface area contributed by atoms with Crippen LogP contribution in [0.4, 0.5) is 14.5 Å². The van der Waals surface area contributed by atoms with Gasteiger partial charge in [-0.2, -0.15) is 8.78 Å². The molecule has 0 spiro atoms. The zero-order valence-corrected chi connectivity index (χ0v) is 17.5. The third kappa shape index (κ3) is 5.66. The smallest absolute Gasteiger partial charge is 0.341 e. The molecule has 9 heteroatoms. The second kappa shape index (κ2) is 9.38. The van der Waals surface area contributed by atoms with Crippen LogP contribution in [0.25, 0.3) is 0 Å². The fraction of sp³-hybridized carbons (Fsp3) is 0.650. The number of halogens is 2. The topological polar surface area (TPSA) is 69.7 Å². The highest BCUT2D eigenvalue weighted by Crippen LogP contribution is 2.24. The molecule has 3 rings (SSSR count). The Balaban J connectivity index is 1.47. The number of benzene rings is 1. The summed E-state index contributed by atoms with van der Waals surface area (Å²) in [5.74, 6) is -2.68. The van der Waals surface area contributed by atoms with Crippen molar-refractivity contribution < 1.29 is 22.0 Å². The second-order valence-corrected chi connectivity index (χ2v) is 10.0. The molecule has 2 fully saturated rings. The summed E-state index contributed by atoms with van der Waals surface area (Å²) < 4.78 is 48.3. The van der Waals surface area contributed by atoms with E-state index in [1.165, 1.54) is 25.0 Å². The van der Waals surface area contributed by atoms with Crippen LogP contribution in [-0.4, -0.2) is 63.7 Å². The highest BCUT2D eigenvalue weighted by molar-refractivity contribution is 7.91. The zero-order chi connectivity index (χ0) is 21.0. The fourth-order valence-corrected chi connectivity index (χ4v) is 4.88. The average Bonchev–Trinajstić information content (AvgIpc) is 2.68. The maximum atomic E-state index is 12.6. The van der Waals surface area contributed by atoms with Gasteiger partial charge in [-0.15, -0.1) is 0 Å². The molecule has 162 valence electrons. The van der Waals surface area contributed by atoms with Gasteiger partial charge in [0.25, 0.3) is 0 Å². The van der Waals surface area contributed by atoms with Crippen LogP contribution in [-0.2, 0) is 14.6 Å². The summed E-state index contributed by atoms with van der Waals surface area (Å²) in [5, 5.41) is 3.16. The molecule has 1 saturated heterocycles. The van der Waals surface area contributed by atoms with Crippen molar-refractivity contribution >= 4 is 21.4 Å². The molecule has 1 heterocycles. The van der Waals surface area contributed by atoms with Gasteiger partial charge in [0.2, 0.25) is 15.7 Å². The molecule has 1 saturated carbocycles. The van der Waals surface area contributed by atoms with Gasteiger partial charge in [-0.25, -0.2) is 8.42 Å². The van der Waals surface area contributed by atoms with Crippen LogP contribution in [0, 0.1) is 5.92 Å². The zero-order valence-electron chi connectivity index (χ0n) is 16.7. The molecule has 2 unspecified atom stereocenters. The standard InChI is InChI=1S/C20H29F2N3O3S/c1-15-3-2-4-16(13-15)23-19(26)14-24-9-11-25(12-10-24)17-5-7-18(8-6-17)29(27,28)20(21)22/h5-8,15-16,20H,2-4,9-14H2,1H3,(H,23,26). The van der Waals surface area contributed by atoms with Crippen molar-refractivity contribution in [2.24, 2.45) is 5.92 Å². The second-order valence-electron chi connectivity index (χ2n) is 8.10. The minimum atomic E-state index is -4.57. The molecular weight excluding hydrogens is 400 g/mol. The summed E-state index contributed by atoms with van der Waals surface area (Å²) in [6.07, 6.45) is 4.52. The minimum absolute atomic E-state index is 0.0686. The highest BCUT2D eigenvalue weighted by Gasteiger charge is 2.27. The Morgan fingerprint density at radius 1 is 1.14 bits per heavy atom. The number of sulfone groups is 1. The molecule has 0 bridgehead atoms. The van der Waals surface area contributed by atoms with Gasteiger partial charge < -0.3 is 10.2 Å². The molecule has 0 radical (unpaired) electrons. The van der Waals surface area contributed by atoms with E-state index in [1.54, 1.807) is 12.1 Å². The van der Waals surface area contributed by atoms with E-state index in [1.807, 2.05) is 0 Å². The van der Waals surface area contributed by atoms with Crippen LogP contribution >= 0.6 is 0 Å². The van der Waals surface area contributed by atoms with Crippen molar-refractivity contribution in [2.75, 3.05) is 37.6 Å². The summed E-state index contributed by atoms with van der Waals surface area (Å²) in [5.41, 5.74) is 0.790. The fourth-order valence-electron chi connectivity index (χ4n) is 4.16. The quantitative estimate of drug-likeness (QED) is 0.753.